The number of benzene rings is 2. The van der Waals surface area contributed by atoms with Crippen LogP contribution in [-0.4, -0.2) is 53.4 Å². The molecule has 1 aromatic heterocycles. The van der Waals surface area contributed by atoms with Crippen molar-refractivity contribution in [2.75, 3.05) is 32.7 Å². The van der Waals surface area contributed by atoms with E-state index in [1.807, 2.05) is 41.3 Å². The van der Waals surface area contributed by atoms with E-state index < -0.39 is 0 Å². The van der Waals surface area contributed by atoms with Crippen LogP contribution in [0.5, 0.6) is 0 Å². The number of thiazole rings is 1. The molecule has 1 amide bonds. The zero-order valence-electron chi connectivity index (χ0n) is 17.4. The van der Waals surface area contributed by atoms with Gasteiger partial charge < -0.3 is 4.90 Å². The van der Waals surface area contributed by atoms with Crippen LogP contribution in [0.1, 0.15) is 17.3 Å². The van der Waals surface area contributed by atoms with Crippen LogP contribution in [0.15, 0.2) is 66.0 Å². The molecule has 0 spiro atoms. The van der Waals surface area contributed by atoms with Crippen LogP contribution in [0.2, 0.25) is 0 Å². The van der Waals surface area contributed by atoms with Crippen molar-refractivity contribution in [1.82, 2.24) is 25.6 Å². The fourth-order valence-corrected chi connectivity index (χ4v) is 5.20. The Kier molecular flexibility index (Phi) is 6.08. The molecule has 3 aromatic rings. The second-order valence-electron chi connectivity index (χ2n) is 8.13. The van der Waals surface area contributed by atoms with Gasteiger partial charge in [0, 0.05) is 50.2 Å². The molecule has 2 aliphatic rings. The molecular weight excluding hydrogens is 406 g/mol. The average molecular weight is 434 g/mol. The number of hydrogen-bond donors (Lipinski definition) is 2. The summed E-state index contributed by atoms with van der Waals surface area (Å²) in [5, 5.41) is 3.22. The average Bonchev–Trinajstić information content (AvgIpc) is 3.50. The van der Waals surface area contributed by atoms with Crippen molar-refractivity contribution in [2.24, 2.45) is 5.92 Å². The molecule has 31 heavy (non-hydrogen) atoms. The Labute approximate surface area is 186 Å². The number of amides is 1. The molecule has 0 bridgehead atoms. The maximum Gasteiger partial charge on any atom is 0.229 e. The molecule has 6 nitrogen and oxygen atoms in total. The third-order valence-electron chi connectivity index (χ3n) is 6.10. The van der Waals surface area contributed by atoms with E-state index in [4.69, 9.17) is 4.98 Å². The molecule has 5 rings (SSSR count). The minimum atomic E-state index is -0.0686. The third kappa shape index (κ3) is 4.55. The van der Waals surface area contributed by atoms with Gasteiger partial charge in [-0.2, -0.15) is 0 Å². The number of aromatic nitrogens is 1. The molecule has 2 aliphatic heterocycles. The minimum Gasteiger partial charge on any atom is -0.340 e. The normalized spacial score (nSPS) is 22.0. The molecule has 2 N–H and O–H groups in total. The van der Waals surface area contributed by atoms with Gasteiger partial charge in [0.15, 0.2) is 0 Å². The number of hydrazine groups is 1. The summed E-state index contributed by atoms with van der Waals surface area (Å²) in [6.45, 7) is 4.81. The summed E-state index contributed by atoms with van der Waals surface area (Å²) in [5.41, 5.74) is 9.90. The summed E-state index contributed by atoms with van der Waals surface area (Å²) in [6, 6.07) is 20.6. The maximum absolute atomic E-state index is 13.2. The molecule has 2 atom stereocenters. The minimum absolute atomic E-state index is 0.0261. The van der Waals surface area contributed by atoms with Gasteiger partial charge in [-0.3, -0.25) is 15.1 Å². The maximum atomic E-state index is 13.2. The van der Waals surface area contributed by atoms with Crippen LogP contribution in [0.25, 0.3) is 10.6 Å². The zero-order valence-corrected chi connectivity index (χ0v) is 18.2. The molecule has 160 valence electrons. The first-order chi connectivity index (χ1) is 15.3. The predicted molar refractivity (Wildman–Crippen MR) is 123 cm³/mol. The molecule has 2 saturated heterocycles. The number of nitrogens with one attached hydrogen (secondary N) is 2. The van der Waals surface area contributed by atoms with E-state index in [0.29, 0.717) is 6.54 Å². The van der Waals surface area contributed by atoms with Crippen molar-refractivity contribution in [1.29, 1.82) is 0 Å². The molecule has 2 aromatic carbocycles. The largest absolute Gasteiger partial charge is 0.340 e. The topological polar surface area (TPSA) is 60.5 Å². The van der Waals surface area contributed by atoms with Gasteiger partial charge in [-0.25, -0.2) is 10.4 Å². The predicted octanol–water partition coefficient (Wildman–Crippen LogP) is 2.92. The summed E-state index contributed by atoms with van der Waals surface area (Å²) in [7, 11) is 0. The molecule has 7 heteroatoms. The molecule has 2 fully saturated rings. The van der Waals surface area contributed by atoms with Crippen LogP contribution in [-0.2, 0) is 11.3 Å². The Morgan fingerprint density at radius 2 is 1.71 bits per heavy atom. The Morgan fingerprint density at radius 3 is 2.45 bits per heavy atom. The number of nitrogens with zero attached hydrogens (tertiary/aromatic N) is 3. The van der Waals surface area contributed by atoms with Crippen molar-refractivity contribution >= 4 is 17.2 Å². The standard InChI is InChI=1S/C24H27N5OS/c30-24(21-15-25-27-22(21)18-7-3-1-4-8-18)29-13-11-28(12-14-29)16-20-17-31-23(26-20)19-9-5-2-6-10-19/h1-10,17,21-22,25,27H,11-16H2. The van der Waals surface area contributed by atoms with Crippen molar-refractivity contribution in [2.45, 2.75) is 12.6 Å². The van der Waals surface area contributed by atoms with Gasteiger partial charge in [-0.1, -0.05) is 60.7 Å². The fourth-order valence-electron chi connectivity index (χ4n) is 4.39. The Bertz CT molecular complexity index is 1000. The molecule has 2 unspecified atom stereocenters. The van der Waals surface area contributed by atoms with Crippen LogP contribution in [0, 0.1) is 5.92 Å². The summed E-state index contributed by atoms with van der Waals surface area (Å²) in [5.74, 6) is 0.173. The molecular formula is C24H27N5OS. The highest BCUT2D eigenvalue weighted by Gasteiger charge is 2.37. The monoisotopic (exact) mass is 433 g/mol. The van der Waals surface area contributed by atoms with E-state index in [2.05, 4.69) is 45.4 Å². The molecule has 3 heterocycles. The number of rotatable bonds is 5. The van der Waals surface area contributed by atoms with Gasteiger partial charge in [0.05, 0.1) is 17.7 Å². The highest BCUT2D eigenvalue weighted by atomic mass is 32.1. The SMILES string of the molecule is O=C(C1CNNC1c1ccccc1)N1CCN(Cc2csc(-c3ccccc3)n2)CC1. The third-order valence-corrected chi connectivity index (χ3v) is 7.04. The lowest BCUT2D eigenvalue weighted by molar-refractivity contribution is -0.137. The number of hydrogen-bond acceptors (Lipinski definition) is 6. The van der Waals surface area contributed by atoms with E-state index in [1.54, 1.807) is 11.3 Å². The first-order valence-electron chi connectivity index (χ1n) is 10.8. The fraction of sp³-hybridized carbons (Fsp3) is 0.333. The van der Waals surface area contributed by atoms with Crippen molar-refractivity contribution in [3.63, 3.8) is 0 Å². The second-order valence-corrected chi connectivity index (χ2v) is 8.99. The van der Waals surface area contributed by atoms with E-state index >= 15 is 0 Å². The van der Waals surface area contributed by atoms with Crippen molar-refractivity contribution in [3.8, 4) is 10.6 Å². The number of piperazine rings is 1. The van der Waals surface area contributed by atoms with Crippen LogP contribution >= 0.6 is 11.3 Å². The first kappa shape index (κ1) is 20.3. The highest BCUT2D eigenvalue weighted by molar-refractivity contribution is 7.13. The lowest BCUT2D eigenvalue weighted by Crippen LogP contribution is -2.50. The first-order valence-corrected chi connectivity index (χ1v) is 11.7. The highest BCUT2D eigenvalue weighted by Crippen LogP contribution is 2.27. The number of carbonyl (C=O) groups is 1. The Hall–Kier alpha value is -2.58. The van der Waals surface area contributed by atoms with E-state index in [9.17, 15) is 4.79 Å². The van der Waals surface area contributed by atoms with Gasteiger partial charge in [0.2, 0.25) is 5.91 Å². The quantitative estimate of drug-likeness (QED) is 0.648. The van der Waals surface area contributed by atoms with E-state index in [0.717, 1.165) is 49.0 Å². The van der Waals surface area contributed by atoms with Gasteiger partial charge in [0.1, 0.15) is 5.01 Å². The molecule has 0 radical (unpaired) electrons. The molecule has 0 saturated carbocycles. The summed E-state index contributed by atoms with van der Waals surface area (Å²) in [4.78, 5) is 22.5. The van der Waals surface area contributed by atoms with Crippen molar-refractivity contribution in [3.05, 3.63) is 77.3 Å². The zero-order chi connectivity index (χ0) is 21.0. The lowest BCUT2D eigenvalue weighted by Gasteiger charge is -2.36. The van der Waals surface area contributed by atoms with Gasteiger partial charge in [0.25, 0.3) is 0 Å². The lowest BCUT2D eigenvalue weighted by atomic mass is 9.93. The Morgan fingerprint density at radius 1 is 1.00 bits per heavy atom. The van der Waals surface area contributed by atoms with Crippen LogP contribution in [0.3, 0.4) is 0 Å². The number of carbonyl (C=O) groups excluding carboxylic acids is 1. The second kappa shape index (κ2) is 9.28. The van der Waals surface area contributed by atoms with Gasteiger partial charge >= 0.3 is 0 Å². The smallest absolute Gasteiger partial charge is 0.229 e. The van der Waals surface area contributed by atoms with Crippen LogP contribution in [0.4, 0.5) is 0 Å². The van der Waals surface area contributed by atoms with E-state index in [-0.39, 0.29) is 17.9 Å². The summed E-state index contributed by atoms with van der Waals surface area (Å²) in [6.07, 6.45) is 0. The van der Waals surface area contributed by atoms with E-state index in [1.165, 1.54) is 5.56 Å². The van der Waals surface area contributed by atoms with Crippen LogP contribution < -0.4 is 10.9 Å². The Balaban J connectivity index is 1.16. The van der Waals surface area contributed by atoms with Gasteiger partial charge in [-0.05, 0) is 5.56 Å². The van der Waals surface area contributed by atoms with Crippen molar-refractivity contribution < 1.29 is 4.79 Å². The summed E-state index contributed by atoms with van der Waals surface area (Å²) >= 11 is 1.70. The summed E-state index contributed by atoms with van der Waals surface area (Å²) < 4.78 is 0. The molecule has 0 aliphatic carbocycles. The van der Waals surface area contributed by atoms with Gasteiger partial charge in [-0.15, -0.1) is 11.3 Å².